The molecule has 186 valence electrons. The van der Waals surface area contributed by atoms with E-state index in [9.17, 15) is 13.6 Å². The van der Waals surface area contributed by atoms with Crippen molar-refractivity contribution >= 4 is 42.5 Å². The van der Waals surface area contributed by atoms with Crippen molar-refractivity contribution in [3.8, 4) is 11.3 Å². The zero-order valence-corrected chi connectivity index (χ0v) is 20.2. The topological polar surface area (TPSA) is 93.1 Å². The van der Waals surface area contributed by atoms with Crippen molar-refractivity contribution in [1.82, 2.24) is 20.4 Å². The molecule has 1 aromatic carbocycles. The van der Waals surface area contributed by atoms with Crippen molar-refractivity contribution in [1.29, 1.82) is 0 Å². The van der Waals surface area contributed by atoms with Crippen LogP contribution < -0.4 is 10.2 Å². The number of halogens is 4. The zero-order valence-electron chi connectivity index (χ0n) is 18.6. The average molecular weight is 525 g/mol. The first kappa shape index (κ1) is 26.5. The van der Waals surface area contributed by atoms with Crippen molar-refractivity contribution in [2.45, 2.75) is 31.3 Å². The van der Waals surface area contributed by atoms with Gasteiger partial charge in [-0.15, -0.1) is 40.1 Å². The van der Waals surface area contributed by atoms with Crippen LogP contribution in [0, 0.1) is 17.6 Å². The summed E-state index contributed by atoms with van der Waals surface area (Å²) >= 11 is 0. The Morgan fingerprint density at radius 2 is 1.77 bits per heavy atom. The highest BCUT2D eigenvalue weighted by Gasteiger charge is 2.48. The predicted octanol–water partition coefficient (Wildman–Crippen LogP) is 5.05. The largest absolute Gasteiger partial charge is 0.441 e. The van der Waals surface area contributed by atoms with Gasteiger partial charge in [-0.3, -0.25) is 4.90 Å². The van der Waals surface area contributed by atoms with Gasteiger partial charge in [0.15, 0.2) is 5.82 Å². The normalized spacial score (nSPS) is 21.1. The maximum atomic E-state index is 13.4. The minimum atomic E-state index is -0.656. The lowest BCUT2D eigenvalue weighted by atomic mass is 9.78. The van der Waals surface area contributed by atoms with Crippen molar-refractivity contribution in [3.63, 3.8) is 0 Å². The fourth-order valence-corrected chi connectivity index (χ4v) is 4.44. The molecule has 1 aliphatic carbocycles. The number of aromatic nitrogens is 4. The smallest absolute Gasteiger partial charge is 0.416 e. The fourth-order valence-electron chi connectivity index (χ4n) is 4.44. The molecule has 8 nitrogen and oxygen atoms in total. The summed E-state index contributed by atoms with van der Waals surface area (Å²) in [6.45, 7) is 1.19. The molecule has 3 aromatic rings. The molecule has 1 aliphatic heterocycles. The number of amides is 1. The van der Waals surface area contributed by atoms with Gasteiger partial charge in [0.25, 0.3) is 0 Å². The number of hydrogen-bond acceptors (Lipinski definition) is 7. The Bertz CT molecular complexity index is 1130. The summed E-state index contributed by atoms with van der Waals surface area (Å²) in [6, 6.07) is 10.2. The van der Waals surface area contributed by atoms with Crippen LogP contribution in [0.5, 0.6) is 0 Å². The molecule has 1 spiro atoms. The first-order valence-electron chi connectivity index (χ1n) is 10.8. The van der Waals surface area contributed by atoms with Gasteiger partial charge in [-0.05, 0) is 68.0 Å². The van der Waals surface area contributed by atoms with Gasteiger partial charge < -0.3 is 10.1 Å². The van der Waals surface area contributed by atoms with Crippen LogP contribution in [0.25, 0.3) is 11.3 Å². The number of nitrogens with one attached hydrogen (secondary N) is 1. The Hall–Kier alpha value is -3.11. The number of rotatable bonds is 5. The number of anilines is 2. The van der Waals surface area contributed by atoms with Crippen LogP contribution in [0.4, 0.5) is 25.2 Å². The third-order valence-electron chi connectivity index (χ3n) is 6.22. The maximum absolute atomic E-state index is 13.4. The van der Waals surface area contributed by atoms with Crippen LogP contribution in [-0.4, -0.2) is 45.2 Å². The molecule has 5 rings (SSSR count). The van der Waals surface area contributed by atoms with Gasteiger partial charge in [0.1, 0.15) is 23.1 Å². The van der Waals surface area contributed by atoms with E-state index in [0.29, 0.717) is 41.9 Å². The number of benzene rings is 1. The van der Waals surface area contributed by atoms with E-state index in [1.54, 1.807) is 35.4 Å². The Morgan fingerprint density at radius 1 is 1.03 bits per heavy atom. The Kier molecular flexibility index (Phi) is 8.39. The first-order chi connectivity index (χ1) is 16.0. The van der Waals surface area contributed by atoms with Gasteiger partial charge in [0, 0.05) is 24.4 Å². The molecule has 0 unspecified atom stereocenters. The molecule has 35 heavy (non-hydrogen) atoms. The summed E-state index contributed by atoms with van der Waals surface area (Å²) in [4.78, 5) is 13.9. The highest BCUT2D eigenvalue weighted by Crippen LogP contribution is 2.40. The van der Waals surface area contributed by atoms with Gasteiger partial charge in [0.2, 0.25) is 0 Å². The van der Waals surface area contributed by atoms with Crippen molar-refractivity contribution in [3.05, 3.63) is 60.3 Å². The number of ether oxygens (including phenoxy) is 1. The minimum Gasteiger partial charge on any atom is -0.441 e. The Morgan fingerprint density at radius 3 is 2.40 bits per heavy atom. The van der Waals surface area contributed by atoms with E-state index in [1.165, 1.54) is 12.1 Å². The molecule has 1 saturated carbocycles. The Labute approximate surface area is 213 Å². The van der Waals surface area contributed by atoms with Crippen molar-refractivity contribution < 1.29 is 18.3 Å². The molecule has 1 N–H and O–H groups in total. The molecule has 1 saturated heterocycles. The molecular formula is C23H24Cl2F2N6O2. The van der Waals surface area contributed by atoms with Gasteiger partial charge in [-0.25, -0.2) is 13.6 Å². The van der Waals surface area contributed by atoms with Gasteiger partial charge in [-0.2, -0.15) is 5.10 Å². The van der Waals surface area contributed by atoms with E-state index in [2.05, 4.69) is 25.7 Å². The monoisotopic (exact) mass is 524 g/mol. The maximum Gasteiger partial charge on any atom is 0.416 e. The van der Waals surface area contributed by atoms with E-state index < -0.39 is 17.2 Å². The molecule has 1 amide bonds. The minimum absolute atomic E-state index is 0. The standard InChI is InChI=1S/C23H22F2N6O2.2ClH/c24-17-10-16(11-18(25)12-17)19-3-4-20(29-28-19)26-13-15-5-7-23(8-6-15)14-31(22(32)33-23)21-2-1-9-27-30-21;;/h1-4,9-12,15H,5-8,13-14H2,(H,26,29);2*1H/t15-,23-;;. The summed E-state index contributed by atoms with van der Waals surface area (Å²) in [5, 5.41) is 19.3. The molecule has 0 bridgehead atoms. The number of nitrogens with zero attached hydrogens (tertiary/aromatic N) is 5. The van der Waals surface area contributed by atoms with Crippen LogP contribution in [0.1, 0.15) is 25.7 Å². The third-order valence-corrected chi connectivity index (χ3v) is 6.22. The lowest BCUT2D eigenvalue weighted by molar-refractivity contribution is 0.0148. The van der Waals surface area contributed by atoms with Crippen molar-refractivity contribution in [2.24, 2.45) is 5.92 Å². The summed E-state index contributed by atoms with van der Waals surface area (Å²) < 4.78 is 32.6. The van der Waals surface area contributed by atoms with E-state index >= 15 is 0 Å². The second kappa shape index (κ2) is 11.1. The molecular weight excluding hydrogens is 501 g/mol. The van der Waals surface area contributed by atoms with E-state index in [-0.39, 0.29) is 30.9 Å². The summed E-state index contributed by atoms with van der Waals surface area (Å²) in [5.74, 6) is 0.190. The van der Waals surface area contributed by atoms with Gasteiger partial charge in [-0.1, -0.05) is 0 Å². The van der Waals surface area contributed by atoms with Crippen LogP contribution >= 0.6 is 24.8 Å². The number of hydrogen-bond donors (Lipinski definition) is 1. The number of carbonyl (C=O) groups is 1. The van der Waals surface area contributed by atoms with Crippen LogP contribution in [0.15, 0.2) is 48.7 Å². The molecule has 0 radical (unpaired) electrons. The van der Waals surface area contributed by atoms with E-state index in [4.69, 9.17) is 4.74 Å². The molecule has 3 heterocycles. The summed E-state index contributed by atoms with van der Waals surface area (Å²) in [7, 11) is 0. The first-order valence-corrected chi connectivity index (χ1v) is 10.8. The lowest BCUT2D eigenvalue weighted by Crippen LogP contribution is -2.39. The highest BCUT2D eigenvalue weighted by molar-refractivity contribution is 5.89. The molecule has 2 fully saturated rings. The van der Waals surface area contributed by atoms with Gasteiger partial charge in [0.05, 0.1) is 12.2 Å². The summed E-state index contributed by atoms with van der Waals surface area (Å²) in [6.07, 6.45) is 4.55. The average Bonchev–Trinajstić information content (AvgIpc) is 3.14. The Balaban J connectivity index is 0.00000171. The molecule has 2 aliphatic rings. The SMILES string of the molecule is Cl.Cl.O=C1O[C@]2(CC[C@H](CNc3ccc(-c4cc(F)cc(F)c4)nn3)CC2)CN1c1cccnn1. The highest BCUT2D eigenvalue weighted by atomic mass is 35.5. The summed E-state index contributed by atoms with van der Waals surface area (Å²) in [5.41, 5.74) is 0.257. The second-order valence-corrected chi connectivity index (χ2v) is 8.51. The van der Waals surface area contributed by atoms with Crippen LogP contribution in [0.2, 0.25) is 0 Å². The second-order valence-electron chi connectivity index (χ2n) is 8.51. The van der Waals surface area contributed by atoms with Crippen LogP contribution in [-0.2, 0) is 4.74 Å². The number of carbonyl (C=O) groups excluding carboxylic acids is 1. The van der Waals surface area contributed by atoms with Crippen molar-refractivity contribution in [2.75, 3.05) is 23.3 Å². The lowest BCUT2D eigenvalue weighted by Gasteiger charge is -2.35. The predicted molar refractivity (Wildman–Crippen MR) is 131 cm³/mol. The molecule has 2 aromatic heterocycles. The zero-order chi connectivity index (χ0) is 22.8. The van der Waals surface area contributed by atoms with E-state index in [1.807, 2.05) is 0 Å². The van der Waals surface area contributed by atoms with Crippen LogP contribution in [0.3, 0.4) is 0 Å². The third kappa shape index (κ3) is 5.94. The molecule has 0 atom stereocenters. The molecule has 12 heteroatoms. The van der Waals surface area contributed by atoms with Gasteiger partial charge >= 0.3 is 6.09 Å². The van der Waals surface area contributed by atoms with E-state index in [0.717, 1.165) is 31.7 Å². The fraction of sp³-hybridized carbons (Fsp3) is 0.348. The quantitative estimate of drug-likeness (QED) is 0.498.